The molecule has 2 aromatic heterocycles. The molecule has 1 aliphatic carbocycles. The van der Waals surface area contributed by atoms with E-state index in [0.717, 1.165) is 30.0 Å². The SMILES string of the molecule is O=C(NCC(c1cnc(C2CC2)nc1)N1CCOCC1)C1COc2ncccc21. The fourth-order valence-corrected chi connectivity index (χ4v) is 4.00. The minimum atomic E-state index is -0.322. The van der Waals surface area contributed by atoms with Crippen LogP contribution in [0.25, 0.3) is 0 Å². The summed E-state index contributed by atoms with van der Waals surface area (Å²) in [6.07, 6.45) is 7.89. The third-order valence-corrected chi connectivity index (χ3v) is 5.85. The minimum absolute atomic E-state index is 0.0202. The predicted octanol–water partition coefficient (Wildman–Crippen LogP) is 1.41. The molecular formula is C21H25N5O3. The van der Waals surface area contributed by atoms with E-state index >= 15 is 0 Å². The number of amides is 1. The molecule has 1 N–H and O–H groups in total. The first-order valence-corrected chi connectivity index (χ1v) is 10.3. The second-order valence-corrected chi connectivity index (χ2v) is 7.82. The zero-order valence-corrected chi connectivity index (χ0v) is 16.3. The van der Waals surface area contributed by atoms with Gasteiger partial charge in [-0.15, -0.1) is 0 Å². The number of carbonyl (C=O) groups excluding carboxylic acids is 1. The zero-order chi connectivity index (χ0) is 19.6. The van der Waals surface area contributed by atoms with Crippen molar-refractivity contribution < 1.29 is 14.3 Å². The van der Waals surface area contributed by atoms with Crippen LogP contribution in [0.1, 0.15) is 47.7 Å². The molecule has 2 atom stereocenters. The summed E-state index contributed by atoms with van der Waals surface area (Å²) in [5, 5.41) is 3.13. The van der Waals surface area contributed by atoms with Crippen LogP contribution in [0, 0.1) is 0 Å². The van der Waals surface area contributed by atoms with Gasteiger partial charge in [0.2, 0.25) is 11.8 Å². The van der Waals surface area contributed by atoms with E-state index in [-0.39, 0.29) is 17.9 Å². The lowest BCUT2D eigenvalue weighted by molar-refractivity contribution is -0.123. The fraction of sp³-hybridized carbons (Fsp3) is 0.524. The highest BCUT2D eigenvalue weighted by atomic mass is 16.5. The first kappa shape index (κ1) is 18.4. The molecule has 2 fully saturated rings. The van der Waals surface area contributed by atoms with Crippen molar-refractivity contribution in [3.8, 4) is 5.88 Å². The smallest absolute Gasteiger partial charge is 0.231 e. The van der Waals surface area contributed by atoms with E-state index in [1.54, 1.807) is 6.20 Å². The lowest BCUT2D eigenvalue weighted by Crippen LogP contribution is -2.44. The molecule has 1 amide bonds. The number of fused-ring (bicyclic) bond motifs is 1. The maximum Gasteiger partial charge on any atom is 0.231 e. The maximum absolute atomic E-state index is 12.9. The molecule has 0 spiro atoms. The molecular weight excluding hydrogens is 370 g/mol. The molecule has 8 nitrogen and oxygen atoms in total. The number of pyridine rings is 1. The van der Waals surface area contributed by atoms with E-state index in [2.05, 4.69) is 25.2 Å². The average molecular weight is 395 g/mol. The number of ether oxygens (including phenoxy) is 2. The second kappa shape index (κ2) is 8.04. The van der Waals surface area contributed by atoms with Crippen LogP contribution in [0.2, 0.25) is 0 Å². The van der Waals surface area contributed by atoms with Crippen molar-refractivity contribution in [2.75, 3.05) is 39.5 Å². The van der Waals surface area contributed by atoms with Gasteiger partial charge in [0.05, 0.1) is 19.3 Å². The summed E-state index contributed by atoms with van der Waals surface area (Å²) in [6.45, 7) is 3.87. The number of rotatable bonds is 6. The Hall–Kier alpha value is -2.58. The fourth-order valence-electron chi connectivity index (χ4n) is 4.00. The number of nitrogens with one attached hydrogen (secondary N) is 1. The van der Waals surface area contributed by atoms with Crippen LogP contribution in [-0.4, -0.2) is 65.2 Å². The highest BCUT2D eigenvalue weighted by Gasteiger charge is 2.32. The van der Waals surface area contributed by atoms with E-state index in [9.17, 15) is 4.79 Å². The summed E-state index contributed by atoms with van der Waals surface area (Å²) in [6, 6.07) is 3.76. The van der Waals surface area contributed by atoms with Gasteiger partial charge in [-0.3, -0.25) is 9.69 Å². The Balaban J connectivity index is 1.29. The summed E-state index contributed by atoms with van der Waals surface area (Å²) in [5.74, 6) is 1.66. The number of hydrogen-bond donors (Lipinski definition) is 1. The average Bonchev–Trinajstić information content (AvgIpc) is 3.54. The Morgan fingerprint density at radius 2 is 2.00 bits per heavy atom. The molecule has 2 aliphatic heterocycles. The Morgan fingerprint density at radius 1 is 1.21 bits per heavy atom. The molecule has 0 aromatic carbocycles. The standard InChI is InChI=1S/C21H25N5O3/c27-20(17-13-29-21-16(17)2-1-5-22-21)25-12-18(26-6-8-28-9-7-26)15-10-23-19(24-11-15)14-3-4-14/h1-2,5,10-11,14,17-18H,3-4,6-9,12-13H2,(H,25,27). The largest absolute Gasteiger partial charge is 0.476 e. The van der Waals surface area contributed by atoms with Crippen LogP contribution in [0.15, 0.2) is 30.7 Å². The minimum Gasteiger partial charge on any atom is -0.476 e. The number of hydrogen-bond acceptors (Lipinski definition) is 7. The van der Waals surface area contributed by atoms with E-state index in [1.165, 1.54) is 12.8 Å². The second-order valence-electron chi connectivity index (χ2n) is 7.82. The van der Waals surface area contributed by atoms with E-state index in [0.29, 0.717) is 38.2 Å². The number of carbonyl (C=O) groups is 1. The van der Waals surface area contributed by atoms with Gasteiger partial charge in [0.25, 0.3) is 0 Å². The van der Waals surface area contributed by atoms with Crippen molar-refractivity contribution in [3.63, 3.8) is 0 Å². The van der Waals surface area contributed by atoms with Crippen molar-refractivity contribution in [2.45, 2.75) is 30.7 Å². The molecule has 152 valence electrons. The number of aromatic nitrogens is 3. The van der Waals surface area contributed by atoms with Crippen LogP contribution >= 0.6 is 0 Å². The Labute approximate surface area is 169 Å². The Bertz CT molecular complexity index is 865. The first-order chi connectivity index (χ1) is 14.3. The van der Waals surface area contributed by atoms with Crippen LogP contribution < -0.4 is 10.1 Å². The van der Waals surface area contributed by atoms with Gasteiger partial charge in [0.1, 0.15) is 18.3 Å². The van der Waals surface area contributed by atoms with Gasteiger partial charge >= 0.3 is 0 Å². The van der Waals surface area contributed by atoms with Gasteiger partial charge in [-0.05, 0) is 18.9 Å². The molecule has 2 aromatic rings. The summed E-state index contributed by atoms with van der Waals surface area (Å²) in [7, 11) is 0. The summed E-state index contributed by atoms with van der Waals surface area (Å²) < 4.78 is 11.1. The van der Waals surface area contributed by atoms with Gasteiger partial charge in [-0.2, -0.15) is 0 Å². The van der Waals surface area contributed by atoms with Gasteiger partial charge < -0.3 is 14.8 Å². The molecule has 1 saturated carbocycles. The molecule has 4 heterocycles. The molecule has 5 rings (SSSR count). The molecule has 0 radical (unpaired) electrons. The van der Waals surface area contributed by atoms with Gasteiger partial charge in [-0.1, -0.05) is 6.07 Å². The Kier molecular flexibility index (Phi) is 5.12. The molecule has 8 heteroatoms. The number of nitrogens with zero attached hydrogens (tertiary/aromatic N) is 4. The van der Waals surface area contributed by atoms with Crippen molar-refractivity contribution in [3.05, 3.63) is 47.7 Å². The zero-order valence-electron chi connectivity index (χ0n) is 16.3. The van der Waals surface area contributed by atoms with E-state index in [4.69, 9.17) is 9.47 Å². The third kappa shape index (κ3) is 3.95. The third-order valence-electron chi connectivity index (χ3n) is 5.85. The number of morpholine rings is 1. The summed E-state index contributed by atoms with van der Waals surface area (Å²) >= 11 is 0. The van der Waals surface area contributed by atoms with E-state index in [1.807, 2.05) is 24.5 Å². The van der Waals surface area contributed by atoms with Crippen LogP contribution in [-0.2, 0) is 9.53 Å². The molecule has 2 unspecified atom stereocenters. The molecule has 3 aliphatic rings. The first-order valence-electron chi connectivity index (χ1n) is 10.3. The molecule has 1 saturated heterocycles. The van der Waals surface area contributed by atoms with Crippen LogP contribution in [0.3, 0.4) is 0 Å². The van der Waals surface area contributed by atoms with Crippen LogP contribution in [0.4, 0.5) is 0 Å². The predicted molar refractivity (Wildman–Crippen MR) is 105 cm³/mol. The van der Waals surface area contributed by atoms with Gasteiger partial charge in [0, 0.05) is 55.3 Å². The highest BCUT2D eigenvalue weighted by Crippen LogP contribution is 2.38. The van der Waals surface area contributed by atoms with Gasteiger partial charge in [-0.25, -0.2) is 15.0 Å². The quantitative estimate of drug-likeness (QED) is 0.791. The summed E-state index contributed by atoms with van der Waals surface area (Å²) in [5.41, 5.74) is 1.88. The Morgan fingerprint density at radius 3 is 2.76 bits per heavy atom. The van der Waals surface area contributed by atoms with Crippen LogP contribution in [0.5, 0.6) is 5.88 Å². The molecule has 29 heavy (non-hydrogen) atoms. The normalized spacial score (nSPS) is 22.6. The lowest BCUT2D eigenvalue weighted by atomic mass is 10.0. The monoisotopic (exact) mass is 395 g/mol. The van der Waals surface area contributed by atoms with E-state index < -0.39 is 0 Å². The summed E-state index contributed by atoms with van der Waals surface area (Å²) in [4.78, 5) is 28.6. The van der Waals surface area contributed by atoms with Crippen molar-refractivity contribution >= 4 is 5.91 Å². The van der Waals surface area contributed by atoms with Gasteiger partial charge in [0.15, 0.2) is 0 Å². The maximum atomic E-state index is 12.9. The highest BCUT2D eigenvalue weighted by molar-refractivity contribution is 5.85. The van der Waals surface area contributed by atoms with Crippen molar-refractivity contribution in [1.29, 1.82) is 0 Å². The topological polar surface area (TPSA) is 89.5 Å². The molecule has 0 bridgehead atoms. The van der Waals surface area contributed by atoms with Crippen molar-refractivity contribution in [1.82, 2.24) is 25.2 Å². The lowest BCUT2D eigenvalue weighted by Gasteiger charge is -2.34. The van der Waals surface area contributed by atoms with Crippen molar-refractivity contribution in [2.24, 2.45) is 0 Å².